The number of halogens is 2. The van der Waals surface area contributed by atoms with E-state index >= 15 is 0 Å². The molecule has 0 saturated carbocycles. The van der Waals surface area contributed by atoms with Gasteiger partial charge in [-0.25, -0.2) is 0 Å². The van der Waals surface area contributed by atoms with Crippen LogP contribution in [0.3, 0.4) is 0 Å². The van der Waals surface area contributed by atoms with Crippen LogP contribution in [0.15, 0.2) is 53.0 Å². The van der Waals surface area contributed by atoms with E-state index in [9.17, 15) is 4.79 Å². The minimum Gasteiger partial charge on any atom is -0.372 e. The number of hydrogen-bond acceptors (Lipinski definition) is 2. The van der Waals surface area contributed by atoms with Gasteiger partial charge in [0.1, 0.15) is 0 Å². The number of likely N-dealkylation sites (tertiary alicyclic amines) is 1. The highest BCUT2D eigenvalue weighted by Gasteiger charge is 2.25. The van der Waals surface area contributed by atoms with Crippen LogP contribution in [0.1, 0.15) is 28.8 Å². The number of carbonyl (C=O) groups excluding carboxylic acids is 1. The molecule has 2 aromatic rings. The zero-order valence-corrected chi connectivity index (χ0v) is 15.6. The molecule has 3 nitrogen and oxygen atoms in total. The van der Waals surface area contributed by atoms with Crippen LogP contribution in [0.25, 0.3) is 0 Å². The molecular weight excluding hydrogens is 390 g/mol. The van der Waals surface area contributed by atoms with Gasteiger partial charge in [0.05, 0.1) is 12.7 Å². The van der Waals surface area contributed by atoms with Crippen molar-refractivity contribution in [2.24, 2.45) is 0 Å². The van der Waals surface area contributed by atoms with Crippen molar-refractivity contribution < 1.29 is 9.53 Å². The topological polar surface area (TPSA) is 29.5 Å². The Bertz CT molecular complexity index is 688. The van der Waals surface area contributed by atoms with Gasteiger partial charge in [-0.15, -0.1) is 0 Å². The van der Waals surface area contributed by atoms with E-state index in [0.717, 1.165) is 29.4 Å². The molecule has 1 amide bonds. The molecule has 0 aliphatic carbocycles. The standard InChI is InChI=1S/C19H19BrClNO2/c20-16-7-3-14(4-8-16)13-24-18-2-1-11-22(12-18)19(23)15-5-9-17(21)10-6-15/h3-10,18H,1-2,11-13H2. The monoisotopic (exact) mass is 407 g/mol. The van der Waals surface area contributed by atoms with Gasteiger partial charge in [0.15, 0.2) is 0 Å². The van der Waals surface area contributed by atoms with E-state index < -0.39 is 0 Å². The molecule has 5 heteroatoms. The molecule has 1 heterocycles. The van der Waals surface area contributed by atoms with Gasteiger partial charge in [-0.1, -0.05) is 39.7 Å². The molecule has 126 valence electrons. The van der Waals surface area contributed by atoms with Gasteiger partial charge in [0, 0.05) is 28.1 Å². The smallest absolute Gasteiger partial charge is 0.253 e. The van der Waals surface area contributed by atoms with E-state index in [0.29, 0.717) is 23.7 Å². The van der Waals surface area contributed by atoms with Crippen molar-refractivity contribution in [3.63, 3.8) is 0 Å². The summed E-state index contributed by atoms with van der Waals surface area (Å²) in [5, 5.41) is 0.640. The van der Waals surface area contributed by atoms with E-state index in [1.807, 2.05) is 29.2 Å². The molecule has 1 unspecified atom stereocenters. The zero-order valence-electron chi connectivity index (χ0n) is 13.3. The van der Waals surface area contributed by atoms with Gasteiger partial charge in [-0.2, -0.15) is 0 Å². The molecule has 0 N–H and O–H groups in total. The van der Waals surface area contributed by atoms with Gasteiger partial charge >= 0.3 is 0 Å². The fraction of sp³-hybridized carbons (Fsp3) is 0.316. The highest BCUT2D eigenvalue weighted by Crippen LogP contribution is 2.19. The molecule has 1 atom stereocenters. The lowest BCUT2D eigenvalue weighted by Crippen LogP contribution is -2.43. The van der Waals surface area contributed by atoms with E-state index in [1.54, 1.807) is 24.3 Å². The van der Waals surface area contributed by atoms with Gasteiger partial charge in [-0.05, 0) is 54.8 Å². The number of piperidine rings is 1. The SMILES string of the molecule is O=C(c1ccc(Cl)cc1)N1CCCC(OCc2ccc(Br)cc2)C1. The highest BCUT2D eigenvalue weighted by molar-refractivity contribution is 9.10. The number of hydrogen-bond donors (Lipinski definition) is 0. The molecule has 0 spiro atoms. The van der Waals surface area contributed by atoms with Crippen molar-refractivity contribution in [1.82, 2.24) is 4.90 Å². The first-order valence-electron chi connectivity index (χ1n) is 8.03. The van der Waals surface area contributed by atoms with Crippen molar-refractivity contribution >= 4 is 33.4 Å². The summed E-state index contributed by atoms with van der Waals surface area (Å²) in [6, 6.07) is 15.2. The Morgan fingerprint density at radius 2 is 1.88 bits per heavy atom. The zero-order chi connectivity index (χ0) is 16.9. The fourth-order valence-corrected chi connectivity index (χ4v) is 3.22. The molecule has 1 saturated heterocycles. The van der Waals surface area contributed by atoms with Crippen molar-refractivity contribution in [3.05, 3.63) is 69.2 Å². The van der Waals surface area contributed by atoms with Crippen LogP contribution in [-0.2, 0) is 11.3 Å². The molecule has 0 bridgehead atoms. The number of benzene rings is 2. The van der Waals surface area contributed by atoms with Gasteiger partial charge < -0.3 is 9.64 Å². The van der Waals surface area contributed by atoms with E-state index in [2.05, 4.69) is 15.9 Å². The third kappa shape index (κ3) is 4.59. The molecule has 0 radical (unpaired) electrons. The first-order valence-corrected chi connectivity index (χ1v) is 9.20. The number of carbonyl (C=O) groups is 1. The maximum Gasteiger partial charge on any atom is 0.253 e. The number of rotatable bonds is 4. The van der Waals surface area contributed by atoms with E-state index in [1.165, 1.54) is 0 Å². The summed E-state index contributed by atoms with van der Waals surface area (Å²) in [4.78, 5) is 14.5. The van der Waals surface area contributed by atoms with Gasteiger partial charge in [0.25, 0.3) is 5.91 Å². The Balaban J connectivity index is 1.56. The predicted octanol–water partition coefficient (Wildman–Crippen LogP) is 4.92. The van der Waals surface area contributed by atoms with Crippen molar-refractivity contribution in [2.45, 2.75) is 25.6 Å². The average molecular weight is 409 g/mol. The summed E-state index contributed by atoms with van der Waals surface area (Å²) >= 11 is 9.32. The number of amides is 1. The van der Waals surface area contributed by atoms with Crippen LogP contribution >= 0.6 is 27.5 Å². The van der Waals surface area contributed by atoms with Crippen LogP contribution in [0.5, 0.6) is 0 Å². The fourth-order valence-electron chi connectivity index (χ4n) is 2.83. The van der Waals surface area contributed by atoms with Crippen LogP contribution < -0.4 is 0 Å². The summed E-state index contributed by atoms with van der Waals surface area (Å²) in [6.07, 6.45) is 2.03. The Morgan fingerprint density at radius 1 is 1.17 bits per heavy atom. The molecule has 1 aliphatic heterocycles. The maximum absolute atomic E-state index is 12.6. The van der Waals surface area contributed by atoms with Crippen molar-refractivity contribution in [1.29, 1.82) is 0 Å². The van der Waals surface area contributed by atoms with Gasteiger partial charge in [-0.3, -0.25) is 4.79 Å². The number of ether oxygens (including phenoxy) is 1. The predicted molar refractivity (Wildman–Crippen MR) is 99.3 cm³/mol. The van der Waals surface area contributed by atoms with Crippen molar-refractivity contribution in [3.8, 4) is 0 Å². The molecule has 0 aromatic heterocycles. The molecule has 2 aromatic carbocycles. The molecule has 1 aliphatic rings. The Kier molecular flexibility index (Phi) is 5.93. The summed E-state index contributed by atoms with van der Waals surface area (Å²) in [6.45, 7) is 1.98. The Labute approximate surface area is 155 Å². The maximum atomic E-state index is 12.6. The quantitative estimate of drug-likeness (QED) is 0.718. The Hall–Kier alpha value is -1.36. The highest BCUT2D eigenvalue weighted by atomic mass is 79.9. The first kappa shape index (κ1) is 17.5. The molecule has 24 heavy (non-hydrogen) atoms. The van der Waals surface area contributed by atoms with Crippen LogP contribution in [0.4, 0.5) is 0 Å². The largest absolute Gasteiger partial charge is 0.372 e. The summed E-state index contributed by atoms with van der Waals surface area (Å²) in [5.74, 6) is 0.0450. The van der Waals surface area contributed by atoms with Gasteiger partial charge in [0.2, 0.25) is 0 Å². The van der Waals surface area contributed by atoms with Crippen molar-refractivity contribution in [2.75, 3.05) is 13.1 Å². The van der Waals surface area contributed by atoms with Crippen LogP contribution in [0, 0.1) is 0 Å². The molecule has 3 rings (SSSR count). The third-order valence-corrected chi connectivity index (χ3v) is 4.94. The molecular formula is C19H19BrClNO2. The van der Waals surface area contributed by atoms with E-state index in [4.69, 9.17) is 16.3 Å². The minimum absolute atomic E-state index is 0.0450. The molecule has 1 fully saturated rings. The van der Waals surface area contributed by atoms with Crippen LogP contribution in [0.2, 0.25) is 5.02 Å². The summed E-state index contributed by atoms with van der Waals surface area (Å²) < 4.78 is 7.07. The number of nitrogens with zero attached hydrogens (tertiary/aromatic N) is 1. The third-order valence-electron chi connectivity index (χ3n) is 4.16. The Morgan fingerprint density at radius 3 is 2.58 bits per heavy atom. The minimum atomic E-state index is 0.0450. The summed E-state index contributed by atoms with van der Waals surface area (Å²) in [5.41, 5.74) is 1.81. The second kappa shape index (κ2) is 8.15. The second-order valence-electron chi connectivity index (χ2n) is 5.96. The lowest BCUT2D eigenvalue weighted by molar-refractivity contribution is -0.00673. The van der Waals surface area contributed by atoms with Crippen LogP contribution in [-0.4, -0.2) is 30.0 Å². The first-order chi connectivity index (χ1) is 11.6. The normalized spacial score (nSPS) is 17.8. The lowest BCUT2D eigenvalue weighted by atomic mass is 10.1. The van der Waals surface area contributed by atoms with E-state index in [-0.39, 0.29) is 12.0 Å². The summed E-state index contributed by atoms with van der Waals surface area (Å²) in [7, 11) is 0. The second-order valence-corrected chi connectivity index (χ2v) is 7.31. The lowest BCUT2D eigenvalue weighted by Gasteiger charge is -2.32. The average Bonchev–Trinajstić information content (AvgIpc) is 2.61.